The molecule has 8 nitrogen and oxygen atoms in total. The van der Waals surface area contributed by atoms with Crippen LogP contribution >= 0.6 is 0 Å². The van der Waals surface area contributed by atoms with E-state index in [1.807, 2.05) is 0 Å². The number of aliphatic hydroxyl groups excluding tert-OH is 1. The van der Waals surface area contributed by atoms with E-state index in [0.29, 0.717) is 28.8 Å². The lowest BCUT2D eigenvalue weighted by molar-refractivity contribution is 0.0675. The number of rotatable bonds is 4. The van der Waals surface area contributed by atoms with Crippen molar-refractivity contribution in [3.63, 3.8) is 0 Å². The van der Waals surface area contributed by atoms with Crippen molar-refractivity contribution in [3.8, 4) is 28.7 Å². The van der Waals surface area contributed by atoms with Crippen LogP contribution in [0.3, 0.4) is 0 Å². The highest BCUT2D eigenvalue weighted by molar-refractivity contribution is 6.03. The van der Waals surface area contributed by atoms with Gasteiger partial charge in [0.15, 0.2) is 11.5 Å². The van der Waals surface area contributed by atoms with Crippen LogP contribution in [0, 0.1) is 24.1 Å². The topological polar surface area (TPSA) is 104 Å². The summed E-state index contributed by atoms with van der Waals surface area (Å²) in [6.45, 7) is 1.44. The van der Waals surface area contributed by atoms with Gasteiger partial charge in [0.05, 0.1) is 47.7 Å². The second-order valence-corrected chi connectivity index (χ2v) is 7.25. The summed E-state index contributed by atoms with van der Waals surface area (Å²) < 4.78 is 26.4. The zero-order valence-corrected chi connectivity index (χ0v) is 17.0. The number of hydrogen-bond donors (Lipinski definition) is 1. The smallest absolute Gasteiger partial charge is 0.258 e. The number of hydrogen-bond acceptors (Lipinski definition) is 7. The van der Waals surface area contributed by atoms with Gasteiger partial charge in [-0.2, -0.15) is 5.26 Å². The fourth-order valence-corrected chi connectivity index (χ4v) is 4.00. The second-order valence-electron chi connectivity index (χ2n) is 7.25. The van der Waals surface area contributed by atoms with E-state index in [2.05, 4.69) is 11.2 Å². The van der Waals surface area contributed by atoms with Crippen molar-refractivity contribution >= 4 is 11.6 Å². The Balaban J connectivity index is 1.80. The molecular weight excluding hydrogens is 405 g/mol. The maximum absolute atomic E-state index is 15.3. The van der Waals surface area contributed by atoms with E-state index < -0.39 is 17.8 Å². The predicted octanol–water partition coefficient (Wildman–Crippen LogP) is 2.61. The molecule has 31 heavy (non-hydrogen) atoms. The van der Waals surface area contributed by atoms with Gasteiger partial charge >= 0.3 is 0 Å². The average molecular weight is 425 g/mol. The Hall–Kier alpha value is -3.64. The molecule has 0 aliphatic carbocycles. The van der Waals surface area contributed by atoms with Crippen molar-refractivity contribution in [1.82, 2.24) is 4.90 Å². The molecule has 0 saturated carbocycles. The van der Waals surface area contributed by atoms with Gasteiger partial charge in [0.25, 0.3) is 5.91 Å². The van der Waals surface area contributed by atoms with Crippen molar-refractivity contribution in [2.24, 2.45) is 5.16 Å². The highest BCUT2D eigenvalue weighted by Gasteiger charge is 2.37. The molecule has 1 amide bonds. The summed E-state index contributed by atoms with van der Waals surface area (Å²) in [7, 11) is 1.40. The molecule has 1 saturated heterocycles. The van der Waals surface area contributed by atoms with Crippen LogP contribution in [0.15, 0.2) is 29.4 Å². The fraction of sp³-hybridized carbons (Fsp3) is 0.318. The molecule has 160 valence electrons. The molecular formula is C22H20FN3O5. The zero-order chi connectivity index (χ0) is 22.1. The van der Waals surface area contributed by atoms with Crippen LogP contribution < -0.4 is 9.47 Å². The molecule has 2 heterocycles. The van der Waals surface area contributed by atoms with Gasteiger partial charge in [0.2, 0.25) is 6.79 Å². The fourth-order valence-electron chi connectivity index (χ4n) is 4.00. The van der Waals surface area contributed by atoms with E-state index in [-0.39, 0.29) is 42.6 Å². The van der Waals surface area contributed by atoms with Gasteiger partial charge in [-0.1, -0.05) is 17.3 Å². The summed E-state index contributed by atoms with van der Waals surface area (Å²) in [5.74, 6) is -0.921. The summed E-state index contributed by atoms with van der Waals surface area (Å²) in [5.41, 5.74) is 2.24. The molecule has 2 aliphatic heterocycles. The van der Waals surface area contributed by atoms with Gasteiger partial charge < -0.3 is 24.3 Å². The van der Waals surface area contributed by atoms with Crippen LogP contribution in [-0.2, 0) is 4.84 Å². The summed E-state index contributed by atoms with van der Waals surface area (Å²) >= 11 is 0. The van der Waals surface area contributed by atoms with Crippen molar-refractivity contribution < 1.29 is 28.6 Å². The second kappa shape index (κ2) is 8.24. The van der Waals surface area contributed by atoms with Gasteiger partial charge in [-0.05, 0) is 30.2 Å². The molecule has 4 rings (SSSR count). The molecule has 0 unspecified atom stereocenters. The predicted molar refractivity (Wildman–Crippen MR) is 108 cm³/mol. The number of nitriles is 1. The van der Waals surface area contributed by atoms with Crippen molar-refractivity contribution in [3.05, 3.63) is 46.8 Å². The van der Waals surface area contributed by atoms with Gasteiger partial charge in [0, 0.05) is 6.42 Å². The number of aliphatic hydroxyl groups is 1. The Morgan fingerprint density at radius 1 is 1.42 bits per heavy atom. The molecule has 0 spiro atoms. The third-order valence-electron chi connectivity index (χ3n) is 5.51. The summed E-state index contributed by atoms with van der Waals surface area (Å²) in [5, 5.41) is 22.9. The minimum Gasteiger partial charge on any atom is -0.453 e. The van der Waals surface area contributed by atoms with Crippen LogP contribution in [0.1, 0.15) is 27.9 Å². The summed E-state index contributed by atoms with van der Waals surface area (Å²) in [4.78, 5) is 19.5. The third kappa shape index (κ3) is 3.45. The Labute approximate surface area is 178 Å². The maximum atomic E-state index is 15.3. The number of amides is 1. The molecule has 0 aromatic heterocycles. The number of carbonyl (C=O) groups is 1. The van der Waals surface area contributed by atoms with E-state index in [0.717, 1.165) is 6.07 Å². The lowest BCUT2D eigenvalue weighted by atomic mass is 9.94. The number of carbonyl (C=O) groups excluding carboxylic acids is 1. The lowest BCUT2D eigenvalue weighted by Gasteiger charge is -2.23. The molecule has 0 radical (unpaired) electrons. The average Bonchev–Trinajstić information content (AvgIpc) is 3.41. The maximum Gasteiger partial charge on any atom is 0.258 e. The number of fused-ring (bicyclic) bond motifs is 1. The molecule has 1 N–H and O–H groups in total. The number of benzene rings is 2. The summed E-state index contributed by atoms with van der Waals surface area (Å²) in [6.07, 6.45) is 0.357. The molecule has 1 atom stereocenters. The van der Waals surface area contributed by atoms with Gasteiger partial charge in [-0.25, -0.2) is 4.39 Å². The normalized spacial score (nSPS) is 18.4. The van der Waals surface area contributed by atoms with Gasteiger partial charge in [-0.3, -0.25) is 4.79 Å². The summed E-state index contributed by atoms with van der Waals surface area (Å²) in [6, 6.07) is 7.69. The first-order valence-corrected chi connectivity index (χ1v) is 9.63. The number of halogens is 1. The Kier molecular flexibility index (Phi) is 5.48. The first-order chi connectivity index (χ1) is 15.0. The quantitative estimate of drug-likeness (QED) is 0.755. The van der Waals surface area contributed by atoms with Crippen molar-refractivity contribution in [1.29, 1.82) is 5.26 Å². The molecule has 9 heteroatoms. The van der Waals surface area contributed by atoms with Crippen molar-refractivity contribution in [2.45, 2.75) is 19.4 Å². The molecule has 2 aromatic rings. The van der Waals surface area contributed by atoms with Crippen molar-refractivity contribution in [2.75, 3.05) is 27.1 Å². The number of likely N-dealkylation sites (tertiary alicyclic amines) is 1. The number of nitrogens with zero attached hydrogens (tertiary/aromatic N) is 3. The first kappa shape index (κ1) is 20.6. The van der Waals surface area contributed by atoms with Crippen LogP contribution in [0.2, 0.25) is 0 Å². The van der Waals surface area contributed by atoms with Crippen LogP contribution in [0.25, 0.3) is 11.1 Å². The molecule has 2 aliphatic rings. The van der Waals surface area contributed by atoms with Gasteiger partial charge in [0.1, 0.15) is 12.9 Å². The Bertz CT molecular complexity index is 1130. The first-order valence-electron chi connectivity index (χ1n) is 9.63. The highest BCUT2D eigenvalue weighted by Crippen LogP contribution is 2.47. The van der Waals surface area contributed by atoms with E-state index >= 15 is 4.39 Å². The van der Waals surface area contributed by atoms with Crippen LogP contribution in [-0.4, -0.2) is 54.7 Å². The molecule has 2 aromatic carbocycles. The van der Waals surface area contributed by atoms with E-state index in [1.54, 1.807) is 25.1 Å². The van der Waals surface area contributed by atoms with Gasteiger partial charge in [-0.15, -0.1) is 0 Å². The largest absolute Gasteiger partial charge is 0.453 e. The number of ether oxygens (including phenoxy) is 2. The standard InChI is InChI=1S/C22H20FN3O5/c1-12-13(8-24)4-3-5-16(12)19-18(23)7-17(20-21(19)31-11-30-20)22(28)26-9-14(25-29-2)6-15(26)10-27/h3-5,7,15,27H,6,9-11H2,1-2H3/b25-14+/t15-/m0/s1. The van der Waals surface area contributed by atoms with Crippen LogP contribution in [0.4, 0.5) is 4.39 Å². The highest BCUT2D eigenvalue weighted by atomic mass is 19.1. The van der Waals surface area contributed by atoms with E-state index in [9.17, 15) is 15.2 Å². The third-order valence-corrected chi connectivity index (χ3v) is 5.51. The Morgan fingerprint density at radius 3 is 2.90 bits per heavy atom. The number of oxime groups is 1. The minimum atomic E-state index is -0.670. The molecule has 1 fully saturated rings. The van der Waals surface area contributed by atoms with E-state index in [4.69, 9.17) is 14.3 Å². The van der Waals surface area contributed by atoms with E-state index in [1.165, 1.54) is 12.0 Å². The lowest BCUT2D eigenvalue weighted by Crippen LogP contribution is -2.38. The van der Waals surface area contributed by atoms with Crippen LogP contribution in [0.5, 0.6) is 11.5 Å². The Morgan fingerprint density at radius 2 is 2.19 bits per heavy atom. The minimum absolute atomic E-state index is 0.0000392. The zero-order valence-electron chi connectivity index (χ0n) is 17.0. The molecule has 0 bridgehead atoms. The SMILES string of the molecule is CO/N=C1\C[C@@H](CO)N(C(=O)c2cc(F)c(-c3cccc(C#N)c3C)c3c2OCO3)C1. The monoisotopic (exact) mass is 425 g/mol.